The van der Waals surface area contributed by atoms with Crippen LogP contribution >= 0.6 is 0 Å². The van der Waals surface area contributed by atoms with E-state index in [1.54, 1.807) is 12.2 Å². The molecule has 0 aliphatic carbocycles. The van der Waals surface area contributed by atoms with Crippen LogP contribution in [0.2, 0.25) is 0 Å². The van der Waals surface area contributed by atoms with Gasteiger partial charge in [-0.05, 0) is 12.8 Å². The molecule has 0 bridgehead atoms. The molecule has 96 valence electrons. The maximum atomic E-state index is 11.2. The van der Waals surface area contributed by atoms with Gasteiger partial charge in [0.25, 0.3) is 0 Å². The molecule has 0 amide bonds. The van der Waals surface area contributed by atoms with Gasteiger partial charge in [0, 0.05) is 0 Å². The van der Waals surface area contributed by atoms with Crippen LogP contribution in [0.15, 0.2) is 25.3 Å². The molecule has 0 heterocycles. The van der Waals surface area contributed by atoms with Crippen molar-refractivity contribution in [2.45, 2.75) is 25.4 Å². The SMILES string of the molecule is C=CCCOC(=O)C[C@H](O)C(=O)OCCC=C. The van der Waals surface area contributed by atoms with Crippen molar-refractivity contribution in [3.8, 4) is 0 Å². The third-order valence-electron chi connectivity index (χ3n) is 1.78. The molecule has 0 fully saturated rings. The van der Waals surface area contributed by atoms with Gasteiger partial charge in [0.1, 0.15) is 0 Å². The van der Waals surface area contributed by atoms with Gasteiger partial charge in [0.05, 0.1) is 19.6 Å². The number of hydrogen-bond donors (Lipinski definition) is 1. The van der Waals surface area contributed by atoms with Gasteiger partial charge < -0.3 is 14.6 Å². The van der Waals surface area contributed by atoms with Gasteiger partial charge in [0.2, 0.25) is 0 Å². The Morgan fingerprint density at radius 3 is 2.18 bits per heavy atom. The minimum absolute atomic E-state index is 0.144. The molecule has 0 aliphatic rings. The molecular weight excluding hydrogens is 224 g/mol. The summed E-state index contributed by atoms with van der Waals surface area (Å²) in [5.74, 6) is -1.47. The quantitative estimate of drug-likeness (QED) is 0.370. The van der Waals surface area contributed by atoms with Crippen molar-refractivity contribution in [3.05, 3.63) is 25.3 Å². The highest BCUT2D eigenvalue weighted by Crippen LogP contribution is 1.99. The summed E-state index contributed by atoms with van der Waals surface area (Å²) in [6.07, 6.45) is 2.35. The smallest absolute Gasteiger partial charge is 0.335 e. The average molecular weight is 242 g/mol. The maximum absolute atomic E-state index is 11.2. The lowest BCUT2D eigenvalue weighted by Crippen LogP contribution is -2.27. The van der Waals surface area contributed by atoms with Crippen molar-refractivity contribution in [2.24, 2.45) is 0 Å². The van der Waals surface area contributed by atoms with Crippen molar-refractivity contribution in [1.29, 1.82) is 0 Å². The molecule has 0 rings (SSSR count). The number of aliphatic hydroxyl groups excluding tert-OH is 1. The first-order valence-corrected chi connectivity index (χ1v) is 5.34. The predicted molar refractivity (Wildman–Crippen MR) is 62.2 cm³/mol. The molecule has 0 aliphatic heterocycles. The van der Waals surface area contributed by atoms with Gasteiger partial charge in [-0.25, -0.2) is 4.79 Å². The summed E-state index contributed by atoms with van der Waals surface area (Å²) in [4.78, 5) is 22.3. The molecule has 0 aromatic rings. The Labute approximate surface area is 101 Å². The van der Waals surface area contributed by atoms with Gasteiger partial charge in [0.15, 0.2) is 6.10 Å². The van der Waals surface area contributed by atoms with Crippen molar-refractivity contribution in [1.82, 2.24) is 0 Å². The van der Waals surface area contributed by atoms with Crippen molar-refractivity contribution in [2.75, 3.05) is 13.2 Å². The second kappa shape index (κ2) is 9.59. The summed E-state index contributed by atoms with van der Waals surface area (Å²) in [6, 6.07) is 0. The number of carbonyl (C=O) groups is 2. The van der Waals surface area contributed by atoms with Gasteiger partial charge in [-0.1, -0.05) is 12.2 Å². The Hall–Kier alpha value is -1.62. The molecule has 0 aromatic heterocycles. The molecule has 1 N–H and O–H groups in total. The summed E-state index contributed by atoms with van der Waals surface area (Å²) in [6.45, 7) is 7.26. The Morgan fingerprint density at radius 1 is 1.12 bits per heavy atom. The Morgan fingerprint density at radius 2 is 1.65 bits per heavy atom. The molecule has 0 unspecified atom stereocenters. The number of rotatable bonds is 9. The number of aliphatic hydroxyl groups is 1. The van der Waals surface area contributed by atoms with E-state index in [9.17, 15) is 14.7 Å². The standard InChI is InChI=1S/C12H18O5/c1-3-5-7-16-11(14)9-10(13)12(15)17-8-6-4-2/h3-4,10,13H,1-2,5-9H2/t10-/m0/s1. The van der Waals surface area contributed by atoms with Crippen LogP contribution in [0.1, 0.15) is 19.3 Å². The van der Waals surface area contributed by atoms with Gasteiger partial charge in [-0.3, -0.25) is 4.79 Å². The molecule has 0 saturated heterocycles. The second-order valence-corrected chi connectivity index (χ2v) is 3.26. The van der Waals surface area contributed by atoms with Crippen LogP contribution < -0.4 is 0 Å². The zero-order valence-corrected chi connectivity index (χ0v) is 9.76. The molecule has 5 heteroatoms. The second-order valence-electron chi connectivity index (χ2n) is 3.26. The number of hydrogen-bond acceptors (Lipinski definition) is 5. The van der Waals surface area contributed by atoms with Crippen LogP contribution in [-0.2, 0) is 19.1 Å². The van der Waals surface area contributed by atoms with Crippen LogP contribution in [0.25, 0.3) is 0 Å². The summed E-state index contributed by atoms with van der Waals surface area (Å²) < 4.78 is 9.42. The Balaban J connectivity index is 3.77. The topological polar surface area (TPSA) is 72.8 Å². The van der Waals surface area contributed by atoms with Crippen LogP contribution in [0.4, 0.5) is 0 Å². The highest BCUT2D eigenvalue weighted by Gasteiger charge is 2.20. The zero-order chi connectivity index (χ0) is 13.1. The van der Waals surface area contributed by atoms with Crippen molar-refractivity contribution in [3.63, 3.8) is 0 Å². The molecule has 0 saturated carbocycles. The van der Waals surface area contributed by atoms with Gasteiger partial charge >= 0.3 is 11.9 Å². The van der Waals surface area contributed by atoms with E-state index >= 15 is 0 Å². The summed E-state index contributed by atoms with van der Waals surface area (Å²) in [5.41, 5.74) is 0. The zero-order valence-electron chi connectivity index (χ0n) is 9.76. The number of ether oxygens (including phenoxy) is 2. The molecule has 0 radical (unpaired) electrons. The van der Waals surface area contributed by atoms with Crippen molar-refractivity contribution < 1.29 is 24.2 Å². The maximum Gasteiger partial charge on any atom is 0.335 e. The number of carbonyl (C=O) groups excluding carboxylic acids is 2. The lowest BCUT2D eigenvalue weighted by Gasteiger charge is -2.09. The molecule has 5 nitrogen and oxygen atoms in total. The third-order valence-corrected chi connectivity index (χ3v) is 1.78. The first-order chi connectivity index (χ1) is 8.11. The Bertz CT molecular complexity index is 272. The normalized spacial score (nSPS) is 11.4. The first kappa shape index (κ1) is 15.4. The fourth-order valence-electron chi connectivity index (χ4n) is 0.895. The minimum Gasteiger partial charge on any atom is -0.465 e. The highest BCUT2D eigenvalue weighted by molar-refractivity contribution is 5.81. The average Bonchev–Trinajstić information content (AvgIpc) is 2.29. The van der Waals surface area contributed by atoms with Gasteiger partial charge in [-0.2, -0.15) is 0 Å². The predicted octanol–water partition coefficient (Wildman–Crippen LogP) is 0.976. The van der Waals surface area contributed by atoms with Crippen LogP contribution in [0.5, 0.6) is 0 Å². The van der Waals surface area contributed by atoms with E-state index in [1.165, 1.54) is 0 Å². The fraction of sp³-hybridized carbons (Fsp3) is 0.500. The molecule has 1 atom stereocenters. The van der Waals surface area contributed by atoms with Crippen LogP contribution in [0, 0.1) is 0 Å². The van der Waals surface area contributed by atoms with E-state index < -0.39 is 24.5 Å². The van der Waals surface area contributed by atoms with Crippen LogP contribution in [0.3, 0.4) is 0 Å². The van der Waals surface area contributed by atoms with E-state index in [0.717, 1.165) is 0 Å². The van der Waals surface area contributed by atoms with E-state index in [4.69, 9.17) is 4.74 Å². The molecule has 17 heavy (non-hydrogen) atoms. The molecular formula is C12H18O5. The van der Waals surface area contributed by atoms with Gasteiger partial charge in [-0.15, -0.1) is 13.2 Å². The highest BCUT2D eigenvalue weighted by atomic mass is 16.6. The van der Waals surface area contributed by atoms with E-state index in [-0.39, 0.29) is 13.2 Å². The number of esters is 2. The monoisotopic (exact) mass is 242 g/mol. The van der Waals surface area contributed by atoms with Crippen LogP contribution in [-0.4, -0.2) is 36.4 Å². The van der Waals surface area contributed by atoms with E-state index in [0.29, 0.717) is 12.8 Å². The summed E-state index contributed by atoms with van der Waals surface area (Å²) in [5, 5.41) is 9.32. The minimum atomic E-state index is -1.48. The summed E-state index contributed by atoms with van der Waals surface area (Å²) >= 11 is 0. The Kier molecular flexibility index (Phi) is 8.68. The first-order valence-electron chi connectivity index (χ1n) is 5.34. The third kappa shape index (κ3) is 8.21. The molecule has 0 spiro atoms. The lowest BCUT2D eigenvalue weighted by molar-refractivity contribution is -0.159. The van der Waals surface area contributed by atoms with E-state index in [1.807, 2.05) is 0 Å². The largest absolute Gasteiger partial charge is 0.465 e. The summed E-state index contributed by atoms with van der Waals surface area (Å²) in [7, 11) is 0. The van der Waals surface area contributed by atoms with Crippen molar-refractivity contribution >= 4 is 11.9 Å². The lowest BCUT2D eigenvalue weighted by atomic mass is 10.2. The van der Waals surface area contributed by atoms with E-state index in [2.05, 4.69) is 17.9 Å². The molecule has 0 aromatic carbocycles. The fourth-order valence-corrected chi connectivity index (χ4v) is 0.895.